The molecule has 1 aliphatic carbocycles. The van der Waals surface area contributed by atoms with Gasteiger partial charge in [-0.25, -0.2) is 9.97 Å². The average molecular weight is 767 g/mol. The van der Waals surface area contributed by atoms with Gasteiger partial charge in [0.2, 0.25) is 0 Å². The maximum atomic E-state index is 5.20. The molecule has 0 radical (unpaired) electrons. The average Bonchev–Trinajstić information content (AvgIpc) is 3.83. The lowest BCUT2D eigenvalue weighted by Crippen LogP contribution is -2.17. The minimum atomic E-state index is 0.179. The van der Waals surface area contributed by atoms with Crippen molar-refractivity contribution in [2.75, 3.05) is 4.90 Å². The summed E-state index contributed by atoms with van der Waals surface area (Å²) in [6.07, 6.45) is 3.34. The SMILES string of the molecule is C1=C2C(Cc3ccccc31)c1c(-c3ccc4c(c3)c3ccccc3n4-c3ccccc3)cccc1N2c1cccc(-c2nc(-c3ccccc3)cc(-c3ccccc3)n2)c1. The Bertz CT molecular complexity index is 3230. The molecule has 0 amide bonds. The van der Waals surface area contributed by atoms with E-state index in [1.165, 1.54) is 66.7 Å². The Morgan fingerprint density at radius 1 is 0.450 bits per heavy atom. The summed E-state index contributed by atoms with van der Waals surface area (Å²) in [5, 5.41) is 2.51. The van der Waals surface area contributed by atoms with Crippen molar-refractivity contribution < 1.29 is 0 Å². The summed E-state index contributed by atoms with van der Waals surface area (Å²) in [6, 6.07) is 73.9. The molecule has 12 rings (SSSR count). The molecule has 2 aromatic heterocycles. The van der Waals surface area contributed by atoms with Crippen molar-refractivity contribution in [3.05, 3.63) is 229 Å². The third-order valence-electron chi connectivity index (χ3n) is 12.3. The summed E-state index contributed by atoms with van der Waals surface area (Å²) in [7, 11) is 0. The molecule has 0 saturated carbocycles. The molecule has 0 saturated heterocycles. The number of nitrogens with zero attached hydrogens (tertiary/aromatic N) is 4. The van der Waals surface area contributed by atoms with Gasteiger partial charge in [0.15, 0.2) is 5.82 Å². The summed E-state index contributed by atoms with van der Waals surface area (Å²) in [6.45, 7) is 0. The Balaban J connectivity index is 1.03. The monoisotopic (exact) mass is 766 g/mol. The highest BCUT2D eigenvalue weighted by molar-refractivity contribution is 6.10. The first kappa shape index (κ1) is 34.2. The summed E-state index contributed by atoms with van der Waals surface area (Å²) >= 11 is 0. The normalized spacial score (nSPS) is 14.2. The maximum absolute atomic E-state index is 5.20. The number of allylic oxidation sites excluding steroid dienone is 1. The number of fused-ring (bicyclic) bond motifs is 7. The van der Waals surface area contributed by atoms with Gasteiger partial charge in [0, 0.05) is 50.5 Å². The van der Waals surface area contributed by atoms with Gasteiger partial charge >= 0.3 is 0 Å². The Morgan fingerprint density at radius 2 is 1.08 bits per heavy atom. The smallest absolute Gasteiger partial charge is 0.160 e. The lowest BCUT2D eigenvalue weighted by Gasteiger charge is -2.27. The van der Waals surface area contributed by atoms with Gasteiger partial charge < -0.3 is 9.47 Å². The van der Waals surface area contributed by atoms with Crippen LogP contribution in [0.4, 0.5) is 11.4 Å². The minimum Gasteiger partial charge on any atom is -0.313 e. The van der Waals surface area contributed by atoms with Gasteiger partial charge in [0.25, 0.3) is 0 Å². The Labute approximate surface area is 349 Å². The largest absolute Gasteiger partial charge is 0.313 e. The van der Waals surface area contributed by atoms with Crippen LogP contribution in [0.3, 0.4) is 0 Å². The summed E-state index contributed by atoms with van der Waals surface area (Å²) < 4.78 is 2.39. The summed E-state index contributed by atoms with van der Waals surface area (Å²) in [4.78, 5) is 12.9. The van der Waals surface area contributed by atoms with Crippen molar-refractivity contribution in [2.45, 2.75) is 12.3 Å². The molecule has 1 unspecified atom stereocenters. The van der Waals surface area contributed by atoms with Crippen LogP contribution >= 0.6 is 0 Å². The van der Waals surface area contributed by atoms with Crippen LogP contribution in [-0.4, -0.2) is 14.5 Å². The molecule has 4 heteroatoms. The lowest BCUT2D eigenvalue weighted by molar-refractivity contribution is 0.800. The number of aromatic nitrogens is 3. The molecule has 0 N–H and O–H groups in total. The van der Waals surface area contributed by atoms with E-state index in [1.54, 1.807) is 0 Å². The van der Waals surface area contributed by atoms with Crippen LogP contribution in [0.1, 0.15) is 22.6 Å². The van der Waals surface area contributed by atoms with Gasteiger partial charge in [0.05, 0.1) is 28.1 Å². The molecule has 0 spiro atoms. The molecule has 0 bridgehead atoms. The molecule has 8 aromatic carbocycles. The van der Waals surface area contributed by atoms with E-state index in [1.807, 2.05) is 12.1 Å². The van der Waals surface area contributed by atoms with Gasteiger partial charge in [-0.2, -0.15) is 0 Å². The molecule has 1 atom stereocenters. The fourth-order valence-electron chi connectivity index (χ4n) is 9.58. The number of anilines is 2. The van der Waals surface area contributed by atoms with Crippen LogP contribution in [0, 0.1) is 0 Å². The van der Waals surface area contributed by atoms with E-state index in [9.17, 15) is 0 Å². The molecular weight excluding hydrogens is 729 g/mol. The third-order valence-corrected chi connectivity index (χ3v) is 12.3. The molecule has 2 aliphatic rings. The van der Waals surface area contributed by atoms with E-state index in [4.69, 9.17) is 9.97 Å². The van der Waals surface area contributed by atoms with Crippen molar-refractivity contribution in [1.82, 2.24) is 14.5 Å². The Hall–Kier alpha value is -7.82. The van der Waals surface area contributed by atoms with E-state index < -0.39 is 0 Å². The predicted octanol–water partition coefficient (Wildman–Crippen LogP) is 14.1. The van der Waals surface area contributed by atoms with Crippen LogP contribution in [0.2, 0.25) is 0 Å². The van der Waals surface area contributed by atoms with Crippen molar-refractivity contribution in [2.24, 2.45) is 0 Å². The molecule has 282 valence electrons. The highest BCUT2D eigenvalue weighted by Gasteiger charge is 2.39. The number of rotatable bonds is 6. The predicted molar refractivity (Wildman–Crippen MR) is 248 cm³/mol. The fraction of sp³-hybridized carbons (Fsp3) is 0.0357. The molecule has 0 fully saturated rings. The molecule has 60 heavy (non-hydrogen) atoms. The van der Waals surface area contributed by atoms with Crippen molar-refractivity contribution in [1.29, 1.82) is 0 Å². The maximum Gasteiger partial charge on any atom is 0.160 e. The highest BCUT2D eigenvalue weighted by atomic mass is 15.2. The second kappa shape index (κ2) is 13.9. The number of hydrogen-bond acceptors (Lipinski definition) is 3. The summed E-state index contributed by atoms with van der Waals surface area (Å²) in [5.74, 6) is 0.881. The van der Waals surface area contributed by atoms with Crippen molar-refractivity contribution in [3.8, 4) is 50.7 Å². The number of hydrogen-bond donors (Lipinski definition) is 0. The van der Waals surface area contributed by atoms with E-state index in [-0.39, 0.29) is 5.92 Å². The van der Waals surface area contributed by atoms with Crippen LogP contribution in [0.15, 0.2) is 212 Å². The van der Waals surface area contributed by atoms with Crippen molar-refractivity contribution in [3.63, 3.8) is 0 Å². The third kappa shape index (κ3) is 5.60. The van der Waals surface area contributed by atoms with Gasteiger partial charge in [0.1, 0.15) is 0 Å². The summed E-state index contributed by atoms with van der Waals surface area (Å²) in [5.41, 5.74) is 18.6. The topological polar surface area (TPSA) is 34.0 Å². The van der Waals surface area contributed by atoms with E-state index in [0.717, 1.165) is 40.2 Å². The van der Waals surface area contributed by atoms with E-state index >= 15 is 0 Å². The Morgan fingerprint density at radius 3 is 1.87 bits per heavy atom. The van der Waals surface area contributed by atoms with Crippen LogP contribution < -0.4 is 4.90 Å². The first-order valence-corrected chi connectivity index (χ1v) is 20.7. The van der Waals surface area contributed by atoms with Crippen LogP contribution in [0.25, 0.3) is 78.6 Å². The standard InChI is InChI=1S/C56H38N4/c1-4-16-37(17-5-1)49-36-50(38-18-6-2-7-19-38)58-56(57-49)42-22-14-25-44(32-42)60-53-29-15-27-45(55(53)48-33-39-20-10-11-21-40(39)35-54(48)60)41-30-31-52-47(34-41)46-26-12-13-28-51(46)59(52)43-23-8-3-9-24-43/h1-32,34-36,48H,33H2. The molecule has 10 aromatic rings. The molecular formula is C56H38N4. The minimum absolute atomic E-state index is 0.179. The van der Waals surface area contributed by atoms with Gasteiger partial charge in [-0.3, -0.25) is 0 Å². The molecule has 4 nitrogen and oxygen atoms in total. The zero-order valence-electron chi connectivity index (χ0n) is 32.8. The Kier molecular flexibility index (Phi) is 7.95. The second-order valence-corrected chi connectivity index (χ2v) is 15.8. The quantitative estimate of drug-likeness (QED) is 0.169. The van der Waals surface area contributed by atoms with E-state index in [0.29, 0.717) is 5.82 Å². The highest BCUT2D eigenvalue weighted by Crippen LogP contribution is 2.55. The zero-order valence-corrected chi connectivity index (χ0v) is 32.8. The van der Waals surface area contributed by atoms with Gasteiger partial charge in [-0.05, 0) is 94.9 Å². The first-order valence-electron chi connectivity index (χ1n) is 20.7. The van der Waals surface area contributed by atoms with E-state index in [2.05, 4.69) is 210 Å². The van der Waals surface area contributed by atoms with Gasteiger partial charge in [-0.1, -0.05) is 152 Å². The second-order valence-electron chi connectivity index (χ2n) is 15.8. The first-order chi connectivity index (χ1) is 29.7. The zero-order chi connectivity index (χ0) is 39.6. The molecule has 1 aliphatic heterocycles. The van der Waals surface area contributed by atoms with Crippen LogP contribution in [-0.2, 0) is 6.42 Å². The van der Waals surface area contributed by atoms with Crippen molar-refractivity contribution >= 4 is 39.3 Å². The lowest BCUT2D eigenvalue weighted by atomic mass is 9.81. The number of benzene rings is 8. The molecule has 3 heterocycles. The number of para-hydroxylation sites is 2. The van der Waals surface area contributed by atoms with Gasteiger partial charge in [-0.15, -0.1) is 0 Å². The fourth-order valence-corrected chi connectivity index (χ4v) is 9.58. The van der Waals surface area contributed by atoms with Crippen LogP contribution in [0.5, 0.6) is 0 Å².